The van der Waals surface area contributed by atoms with Crippen molar-refractivity contribution in [2.24, 2.45) is 0 Å². The predicted octanol–water partition coefficient (Wildman–Crippen LogP) is 3.76. The summed E-state index contributed by atoms with van der Waals surface area (Å²) < 4.78 is 1.62. The lowest BCUT2D eigenvalue weighted by molar-refractivity contribution is -0.133. The van der Waals surface area contributed by atoms with Crippen LogP contribution in [0.2, 0.25) is 5.02 Å². The zero-order valence-electron chi connectivity index (χ0n) is 21.4. The van der Waals surface area contributed by atoms with E-state index in [9.17, 15) is 14.4 Å². The van der Waals surface area contributed by atoms with Crippen molar-refractivity contribution in [3.8, 4) is 0 Å². The summed E-state index contributed by atoms with van der Waals surface area (Å²) in [7, 11) is 0. The van der Waals surface area contributed by atoms with Crippen molar-refractivity contribution in [3.63, 3.8) is 0 Å². The van der Waals surface area contributed by atoms with Gasteiger partial charge < -0.3 is 20.1 Å². The number of imidazole rings is 1. The third-order valence-corrected chi connectivity index (χ3v) is 6.95. The Morgan fingerprint density at radius 3 is 2.41 bits per heavy atom. The van der Waals surface area contributed by atoms with E-state index in [0.717, 1.165) is 16.7 Å². The molecule has 2 heterocycles. The van der Waals surface area contributed by atoms with Gasteiger partial charge in [0.25, 0.3) is 11.8 Å². The number of aromatic nitrogens is 2. The first-order valence-electron chi connectivity index (χ1n) is 12.5. The number of carbonyl (C=O) groups is 3. The van der Waals surface area contributed by atoms with Crippen molar-refractivity contribution in [2.75, 3.05) is 13.1 Å². The number of hydrogen-bond acceptors (Lipinski definition) is 4. The molecule has 0 spiro atoms. The number of aryl methyl sites for hydroxylation is 1. The molecule has 0 radical (unpaired) electrons. The van der Waals surface area contributed by atoms with Crippen molar-refractivity contribution < 1.29 is 14.4 Å². The van der Waals surface area contributed by atoms with Gasteiger partial charge in [0.1, 0.15) is 11.2 Å². The van der Waals surface area contributed by atoms with Crippen LogP contribution < -0.4 is 10.6 Å². The fourth-order valence-electron chi connectivity index (χ4n) is 4.56. The summed E-state index contributed by atoms with van der Waals surface area (Å²) in [6, 6.07) is 15.4. The molecule has 2 N–H and O–H groups in total. The van der Waals surface area contributed by atoms with E-state index in [0.29, 0.717) is 37.5 Å². The molecule has 0 aliphatic carbocycles. The van der Waals surface area contributed by atoms with Crippen LogP contribution in [-0.2, 0) is 24.3 Å². The maximum atomic E-state index is 13.6. The molecular formula is C28H32ClN5O3. The first kappa shape index (κ1) is 26.4. The lowest BCUT2D eigenvalue weighted by Crippen LogP contribution is -2.64. The van der Waals surface area contributed by atoms with Gasteiger partial charge in [0.2, 0.25) is 5.91 Å². The second-order valence-electron chi connectivity index (χ2n) is 9.60. The standard InChI is InChI=1S/C28H32ClN5O3/c1-4-15-34-26(36)24-23(25(35)30-14-13-20-9-11-22(29)12-10-20)32-18-33(24)17-28(34,3)27(37)31-16-21-7-5-19(2)6-8-21/h5-12,18H,4,13-17H2,1-3H3,(H,30,35)(H,31,37)/t28-/m0/s1. The van der Waals surface area contributed by atoms with E-state index in [1.807, 2.05) is 50.2 Å². The summed E-state index contributed by atoms with van der Waals surface area (Å²) in [5, 5.41) is 6.50. The lowest BCUT2D eigenvalue weighted by atomic mass is 9.93. The summed E-state index contributed by atoms with van der Waals surface area (Å²) in [6.45, 7) is 7.07. The van der Waals surface area contributed by atoms with Crippen molar-refractivity contribution in [1.82, 2.24) is 25.1 Å². The predicted molar refractivity (Wildman–Crippen MR) is 142 cm³/mol. The maximum Gasteiger partial charge on any atom is 0.273 e. The molecule has 37 heavy (non-hydrogen) atoms. The normalized spacial score (nSPS) is 16.9. The SMILES string of the molecule is CCCN1C(=O)c2c(C(=O)NCCc3ccc(Cl)cc3)ncn2C[C@@]1(C)C(=O)NCc1ccc(C)cc1. The molecule has 1 aliphatic heterocycles. The van der Waals surface area contributed by atoms with Crippen molar-refractivity contribution in [3.05, 3.63) is 88.0 Å². The number of fused-ring (bicyclic) bond motifs is 1. The van der Waals surface area contributed by atoms with Gasteiger partial charge in [-0.1, -0.05) is 60.5 Å². The van der Waals surface area contributed by atoms with E-state index in [-0.39, 0.29) is 29.7 Å². The number of nitrogens with one attached hydrogen (secondary N) is 2. The summed E-state index contributed by atoms with van der Waals surface area (Å²) in [5.74, 6) is -1.04. The molecule has 0 bridgehead atoms. The Labute approximate surface area is 222 Å². The molecule has 1 aromatic heterocycles. The summed E-state index contributed by atoms with van der Waals surface area (Å²) in [4.78, 5) is 45.8. The van der Waals surface area contributed by atoms with Crippen LogP contribution in [0.1, 0.15) is 57.9 Å². The highest BCUT2D eigenvalue weighted by molar-refractivity contribution is 6.30. The van der Waals surface area contributed by atoms with Gasteiger partial charge in [-0.05, 0) is 49.9 Å². The number of amides is 3. The molecule has 194 valence electrons. The van der Waals surface area contributed by atoms with Crippen LogP contribution in [0.3, 0.4) is 0 Å². The van der Waals surface area contributed by atoms with Gasteiger partial charge >= 0.3 is 0 Å². The number of rotatable bonds is 9. The average Bonchev–Trinajstić information content (AvgIpc) is 3.31. The fourth-order valence-corrected chi connectivity index (χ4v) is 4.69. The number of halogens is 1. The van der Waals surface area contributed by atoms with Gasteiger partial charge in [-0.25, -0.2) is 4.98 Å². The molecule has 0 unspecified atom stereocenters. The molecule has 3 aromatic rings. The maximum absolute atomic E-state index is 13.6. The zero-order valence-corrected chi connectivity index (χ0v) is 22.1. The van der Waals surface area contributed by atoms with Crippen molar-refractivity contribution in [1.29, 1.82) is 0 Å². The Bertz CT molecular complexity index is 1290. The molecule has 8 nitrogen and oxygen atoms in total. The fraction of sp³-hybridized carbons (Fsp3) is 0.357. The van der Waals surface area contributed by atoms with E-state index in [4.69, 9.17) is 11.6 Å². The second-order valence-corrected chi connectivity index (χ2v) is 10.0. The van der Waals surface area contributed by atoms with E-state index < -0.39 is 11.4 Å². The van der Waals surface area contributed by atoms with Crippen LogP contribution in [0.4, 0.5) is 0 Å². The molecule has 1 aliphatic rings. The first-order chi connectivity index (χ1) is 17.7. The minimum absolute atomic E-state index is 0.0734. The minimum Gasteiger partial charge on any atom is -0.350 e. The van der Waals surface area contributed by atoms with Crippen LogP contribution in [0.15, 0.2) is 54.9 Å². The van der Waals surface area contributed by atoms with Crippen molar-refractivity contribution >= 4 is 29.3 Å². The highest BCUT2D eigenvalue weighted by Crippen LogP contribution is 2.29. The first-order valence-corrected chi connectivity index (χ1v) is 12.8. The molecule has 0 fully saturated rings. The molecule has 0 saturated carbocycles. The Morgan fingerprint density at radius 1 is 1.05 bits per heavy atom. The monoisotopic (exact) mass is 521 g/mol. The number of benzene rings is 2. The lowest BCUT2D eigenvalue weighted by Gasteiger charge is -2.43. The van der Waals surface area contributed by atoms with Crippen LogP contribution in [-0.4, -0.2) is 50.8 Å². The largest absolute Gasteiger partial charge is 0.350 e. The molecule has 2 aromatic carbocycles. The molecular weight excluding hydrogens is 490 g/mol. The van der Waals surface area contributed by atoms with Crippen LogP contribution >= 0.6 is 11.6 Å². The Kier molecular flexibility index (Phi) is 7.97. The van der Waals surface area contributed by atoms with E-state index in [1.165, 1.54) is 6.33 Å². The Balaban J connectivity index is 1.48. The van der Waals surface area contributed by atoms with Crippen molar-refractivity contribution in [2.45, 2.75) is 52.2 Å². The molecule has 0 saturated heterocycles. The number of hydrogen-bond donors (Lipinski definition) is 2. The summed E-state index contributed by atoms with van der Waals surface area (Å²) in [6.07, 6.45) is 2.76. The summed E-state index contributed by atoms with van der Waals surface area (Å²) >= 11 is 5.93. The number of carbonyl (C=O) groups excluding carboxylic acids is 3. The van der Waals surface area contributed by atoms with E-state index >= 15 is 0 Å². The topological polar surface area (TPSA) is 96.3 Å². The minimum atomic E-state index is -1.12. The Morgan fingerprint density at radius 2 is 1.73 bits per heavy atom. The Hall–Kier alpha value is -3.65. The summed E-state index contributed by atoms with van der Waals surface area (Å²) in [5.41, 5.74) is 2.33. The molecule has 3 amide bonds. The van der Waals surface area contributed by atoms with E-state index in [1.54, 1.807) is 28.5 Å². The van der Waals surface area contributed by atoms with Gasteiger partial charge in [0, 0.05) is 24.7 Å². The van der Waals surface area contributed by atoms with Crippen LogP contribution in [0, 0.1) is 6.92 Å². The zero-order chi connectivity index (χ0) is 26.6. The van der Waals surface area contributed by atoms with Gasteiger partial charge in [-0.2, -0.15) is 0 Å². The highest BCUT2D eigenvalue weighted by atomic mass is 35.5. The van der Waals surface area contributed by atoms with E-state index in [2.05, 4.69) is 15.6 Å². The molecule has 4 rings (SSSR count). The third kappa shape index (κ3) is 5.69. The molecule has 1 atom stereocenters. The third-order valence-electron chi connectivity index (χ3n) is 6.70. The van der Waals surface area contributed by atoms with Gasteiger partial charge in [0.15, 0.2) is 5.69 Å². The average molecular weight is 522 g/mol. The smallest absolute Gasteiger partial charge is 0.273 e. The highest BCUT2D eigenvalue weighted by Gasteiger charge is 2.48. The molecule has 9 heteroatoms. The number of nitrogens with zero attached hydrogens (tertiary/aromatic N) is 3. The van der Waals surface area contributed by atoms with Gasteiger partial charge in [-0.3, -0.25) is 14.4 Å². The van der Waals surface area contributed by atoms with Gasteiger partial charge in [0.05, 0.1) is 12.9 Å². The van der Waals surface area contributed by atoms with Crippen LogP contribution in [0.5, 0.6) is 0 Å². The second kappa shape index (κ2) is 11.2. The van der Waals surface area contributed by atoms with Crippen LogP contribution in [0.25, 0.3) is 0 Å². The quantitative estimate of drug-likeness (QED) is 0.448. The van der Waals surface area contributed by atoms with Gasteiger partial charge in [-0.15, -0.1) is 0 Å².